The smallest absolute Gasteiger partial charge is 0.306 e. The Bertz CT molecular complexity index is 1410. The second-order valence-corrected chi connectivity index (χ2v) is 20.3. The van der Waals surface area contributed by atoms with Gasteiger partial charge in [0.05, 0.1) is 52.0 Å². The average Bonchev–Trinajstić information content (AvgIpc) is 3.90. The number of ether oxygens (including phenoxy) is 7. The van der Waals surface area contributed by atoms with Gasteiger partial charge in [0.25, 0.3) is 0 Å². The van der Waals surface area contributed by atoms with Crippen molar-refractivity contribution in [2.24, 2.45) is 0 Å². The summed E-state index contributed by atoms with van der Waals surface area (Å²) in [4.78, 5) is 68.0. The summed E-state index contributed by atoms with van der Waals surface area (Å²) in [5.74, 6) is -3.76. The Morgan fingerprint density at radius 2 is 0.767 bits per heavy atom. The van der Waals surface area contributed by atoms with E-state index in [0.29, 0.717) is 32.6 Å². The number of hydrogen-bond acceptors (Lipinski definition) is 14. The molecule has 2 amide bonds. The number of rotatable bonds is 43. The highest BCUT2D eigenvalue weighted by atomic mass is 16.8. The molecule has 2 heterocycles. The van der Waals surface area contributed by atoms with Gasteiger partial charge in [0, 0.05) is 19.4 Å². The Morgan fingerprint density at radius 3 is 1.08 bits per heavy atom. The molecule has 0 aromatic carbocycles. The van der Waals surface area contributed by atoms with Gasteiger partial charge in [0.1, 0.15) is 32.0 Å². The highest BCUT2D eigenvalue weighted by Crippen LogP contribution is 2.23. The monoisotopic (exact) mass is 1040 g/mol. The molecule has 4 N–H and O–H groups in total. The molecule has 2 aliphatic rings. The minimum atomic E-state index is -1.02. The van der Waals surface area contributed by atoms with Crippen LogP contribution in [-0.4, -0.2) is 122 Å². The van der Waals surface area contributed by atoms with E-state index in [-0.39, 0.29) is 82.7 Å². The predicted octanol–water partition coefficient (Wildman–Crippen LogP) is 10.7. The highest BCUT2D eigenvalue weighted by Gasteiger charge is 2.34. The van der Waals surface area contributed by atoms with Gasteiger partial charge in [-0.3, -0.25) is 28.8 Å². The lowest BCUT2D eigenvalue weighted by molar-refractivity contribution is -0.159. The van der Waals surface area contributed by atoms with Crippen LogP contribution >= 0.6 is 0 Å². The van der Waals surface area contributed by atoms with E-state index >= 15 is 0 Å². The number of carboxylic acids is 1. The van der Waals surface area contributed by atoms with E-state index in [1.807, 2.05) is 0 Å². The summed E-state index contributed by atoms with van der Waals surface area (Å²) in [5.41, 5.74) is 0. The molecule has 2 fully saturated rings. The van der Waals surface area contributed by atoms with Crippen LogP contribution in [0.25, 0.3) is 0 Å². The van der Waals surface area contributed by atoms with Crippen molar-refractivity contribution >= 4 is 35.7 Å². The molecule has 17 heteroatoms. The van der Waals surface area contributed by atoms with Crippen LogP contribution in [0.1, 0.15) is 247 Å². The van der Waals surface area contributed by atoms with Crippen molar-refractivity contribution in [3.05, 3.63) is 0 Å². The Kier molecular flexibility index (Phi) is 44.9. The molecule has 0 radical (unpaired) electrons. The van der Waals surface area contributed by atoms with E-state index in [2.05, 4.69) is 24.5 Å². The van der Waals surface area contributed by atoms with Gasteiger partial charge in [-0.2, -0.15) is 0 Å². The van der Waals surface area contributed by atoms with Crippen LogP contribution in [0.5, 0.6) is 0 Å². The molecule has 0 aromatic heterocycles. The Hall–Kier alpha value is -3.38. The summed E-state index contributed by atoms with van der Waals surface area (Å²) < 4.78 is 36.7. The Labute approximate surface area is 440 Å². The second kappa shape index (κ2) is 47.1. The van der Waals surface area contributed by atoms with Gasteiger partial charge < -0.3 is 54.0 Å². The standard InChI is InChI=1S/C28H51NO7.C18H37NO2.C10H16O6/c1-4-5-6-7-8-9-10-11-12-13-14-15-16-17-25(30)29-20-21-33-26(31)18-19-27(32)34-22-24-23-35-28(2,3)36-24;1-2-3-4-5-6-7-8-9-10-11-12-13-14-15-18(21)19-16-17-20;1-10(2)15-6-7(16-10)5-14-9(13)4-3-8(11)12/h24H,4-23H2,1-3H3,(H,29,30);20H,2-17H2,1H3,(H,19,21);7H,3-6H2,1-2H3,(H,11,12). The summed E-state index contributed by atoms with van der Waals surface area (Å²) in [6.45, 7) is 13.4. The molecule has 0 saturated carbocycles. The number of unbranched alkanes of at least 4 members (excludes halogenated alkanes) is 24. The summed E-state index contributed by atoms with van der Waals surface area (Å²) >= 11 is 0. The molecule has 2 unspecified atom stereocenters. The fraction of sp³-hybridized carbons (Fsp3) is 0.893. The summed E-state index contributed by atoms with van der Waals surface area (Å²) in [6, 6.07) is 0. The molecule has 2 saturated heterocycles. The van der Waals surface area contributed by atoms with Crippen LogP contribution in [0.2, 0.25) is 0 Å². The van der Waals surface area contributed by atoms with Crippen LogP contribution in [0.3, 0.4) is 0 Å². The van der Waals surface area contributed by atoms with Crippen LogP contribution in [0.4, 0.5) is 0 Å². The lowest BCUT2D eigenvalue weighted by atomic mass is 10.0. The van der Waals surface area contributed by atoms with Crippen molar-refractivity contribution in [3.8, 4) is 0 Å². The maximum absolute atomic E-state index is 11.9. The first-order valence-corrected chi connectivity index (χ1v) is 28.5. The number of nitrogens with one attached hydrogen (secondary N) is 2. The SMILES string of the molecule is CC1(C)OCC(COC(=O)CCC(=O)O)O1.CCCCCCCCCCCCCCCC(=O)NCCO.CCCCCCCCCCCCCCCC(=O)NCCOC(=O)CCC(=O)OCC1COC(C)(C)O1. The molecular weight excluding hydrogens is 941 g/mol. The van der Waals surface area contributed by atoms with E-state index in [0.717, 1.165) is 25.7 Å². The number of aliphatic hydroxyl groups excluding tert-OH is 1. The van der Waals surface area contributed by atoms with E-state index in [4.69, 9.17) is 43.4 Å². The predicted molar refractivity (Wildman–Crippen MR) is 283 cm³/mol. The van der Waals surface area contributed by atoms with E-state index in [9.17, 15) is 28.8 Å². The first-order valence-electron chi connectivity index (χ1n) is 28.5. The third-order valence-corrected chi connectivity index (χ3v) is 12.2. The van der Waals surface area contributed by atoms with Crippen LogP contribution in [0.15, 0.2) is 0 Å². The summed E-state index contributed by atoms with van der Waals surface area (Å²) in [7, 11) is 0. The summed E-state index contributed by atoms with van der Waals surface area (Å²) in [6.07, 6.45) is 34.0. The maximum atomic E-state index is 11.9. The summed E-state index contributed by atoms with van der Waals surface area (Å²) in [5, 5.41) is 22.4. The fourth-order valence-electron chi connectivity index (χ4n) is 8.03. The number of esters is 3. The number of carboxylic acid groups (broad SMARTS) is 1. The number of aliphatic carboxylic acids is 1. The molecule has 2 aliphatic heterocycles. The number of aliphatic hydroxyl groups is 1. The van der Waals surface area contributed by atoms with Gasteiger partial charge in [0.15, 0.2) is 11.6 Å². The molecule has 17 nitrogen and oxygen atoms in total. The third-order valence-electron chi connectivity index (χ3n) is 12.2. The lowest BCUT2D eigenvalue weighted by Gasteiger charge is -2.16. The van der Waals surface area contributed by atoms with Crippen molar-refractivity contribution in [1.29, 1.82) is 0 Å². The van der Waals surface area contributed by atoms with Gasteiger partial charge in [-0.25, -0.2) is 0 Å². The van der Waals surface area contributed by atoms with Gasteiger partial charge >= 0.3 is 23.9 Å². The third kappa shape index (κ3) is 48.0. The maximum Gasteiger partial charge on any atom is 0.306 e. The largest absolute Gasteiger partial charge is 0.481 e. The van der Waals surface area contributed by atoms with Crippen molar-refractivity contribution in [3.63, 3.8) is 0 Å². The first kappa shape index (κ1) is 69.6. The molecule has 0 bridgehead atoms. The molecular formula is C56H104N2O15. The van der Waals surface area contributed by atoms with E-state index in [1.54, 1.807) is 27.7 Å². The quantitative estimate of drug-likeness (QED) is 0.0253. The lowest BCUT2D eigenvalue weighted by Crippen LogP contribution is -2.28. The van der Waals surface area contributed by atoms with Gasteiger partial charge in [-0.1, -0.05) is 168 Å². The second-order valence-electron chi connectivity index (χ2n) is 20.3. The Balaban J connectivity index is 0.00000118. The normalized spacial score (nSPS) is 16.3. The van der Waals surface area contributed by atoms with Gasteiger partial charge in [-0.05, 0) is 40.5 Å². The van der Waals surface area contributed by atoms with Crippen molar-refractivity contribution < 1.29 is 72.1 Å². The minimum absolute atomic E-state index is 0.0148. The minimum Gasteiger partial charge on any atom is -0.481 e. The van der Waals surface area contributed by atoms with E-state index in [1.165, 1.54) is 141 Å². The highest BCUT2D eigenvalue weighted by molar-refractivity contribution is 5.78. The van der Waals surface area contributed by atoms with Crippen molar-refractivity contribution in [1.82, 2.24) is 10.6 Å². The van der Waals surface area contributed by atoms with Crippen molar-refractivity contribution in [2.45, 2.75) is 271 Å². The van der Waals surface area contributed by atoms with Crippen LogP contribution in [0, 0.1) is 0 Å². The Morgan fingerprint density at radius 1 is 0.452 bits per heavy atom. The number of carbonyl (C=O) groups excluding carboxylic acids is 5. The number of hydrogen-bond donors (Lipinski definition) is 4. The number of amides is 2. The molecule has 2 rings (SSSR count). The average molecular weight is 1050 g/mol. The van der Waals surface area contributed by atoms with Gasteiger partial charge in [0.2, 0.25) is 11.8 Å². The fourth-order valence-corrected chi connectivity index (χ4v) is 8.03. The zero-order valence-corrected chi connectivity index (χ0v) is 46.6. The molecule has 73 heavy (non-hydrogen) atoms. The van der Waals surface area contributed by atoms with E-state index < -0.39 is 35.5 Å². The first-order chi connectivity index (χ1) is 35.0. The molecule has 0 aliphatic carbocycles. The zero-order chi connectivity index (χ0) is 54.3. The molecule has 428 valence electrons. The topological polar surface area (TPSA) is 232 Å². The molecule has 0 aromatic rings. The molecule has 0 spiro atoms. The van der Waals surface area contributed by atoms with Gasteiger partial charge in [-0.15, -0.1) is 0 Å². The zero-order valence-electron chi connectivity index (χ0n) is 46.6. The van der Waals surface area contributed by atoms with Crippen molar-refractivity contribution in [2.75, 3.05) is 52.7 Å². The van der Waals surface area contributed by atoms with Crippen LogP contribution in [-0.2, 0) is 61.9 Å². The van der Waals surface area contributed by atoms with Crippen LogP contribution < -0.4 is 10.6 Å². The number of carbonyl (C=O) groups is 6. The molecule has 2 atom stereocenters.